The van der Waals surface area contributed by atoms with E-state index in [-0.39, 0.29) is 46.1 Å². The molecule has 0 saturated carbocycles. The van der Waals surface area contributed by atoms with Gasteiger partial charge in [-0.3, -0.25) is 9.69 Å². The third kappa shape index (κ3) is 5.46. The number of phenolic OH excluding ortho intramolecular Hbond substituents is 1. The number of anilines is 1. The standard InChI is InChI=1S/C35H34F3N5O4/c1-4-25-27(37)9-8-21-13-23(45)14-26(29(21)25)31-30(38)32-28(19(2)39-31)33(42-11-5-7-24(17-42)47-20(3)44)41-34(40-32)46-18-35-10-6-12-43(35)16-22(36)15-35/h1,8-9,13-14,22,24,45H,5-7,10-12,15-18H2,2-3H3/t22-,24-,35+/m1/s1. The number of aryl methyl sites for hydroxylation is 1. The number of terminal acetylenes is 1. The molecular weight excluding hydrogens is 611 g/mol. The molecule has 3 aliphatic heterocycles. The third-order valence-corrected chi connectivity index (χ3v) is 9.62. The smallest absolute Gasteiger partial charge is 0.319 e. The van der Waals surface area contributed by atoms with E-state index in [1.165, 1.54) is 31.2 Å². The Bertz CT molecular complexity index is 1970. The number of phenols is 1. The van der Waals surface area contributed by atoms with Crippen LogP contribution in [0.2, 0.25) is 0 Å². The maximum absolute atomic E-state index is 16.9. The molecule has 3 fully saturated rings. The van der Waals surface area contributed by atoms with Crippen molar-refractivity contribution in [3.05, 3.63) is 47.2 Å². The maximum atomic E-state index is 16.9. The number of hydrogen-bond donors (Lipinski definition) is 1. The minimum Gasteiger partial charge on any atom is -0.508 e. The van der Waals surface area contributed by atoms with Crippen molar-refractivity contribution in [2.75, 3.05) is 37.7 Å². The first-order valence-electron chi connectivity index (χ1n) is 15.8. The van der Waals surface area contributed by atoms with Crippen LogP contribution in [0.4, 0.5) is 19.0 Å². The second kappa shape index (κ2) is 11.9. The molecule has 0 spiro atoms. The van der Waals surface area contributed by atoms with E-state index < -0.39 is 35.4 Å². The summed E-state index contributed by atoms with van der Waals surface area (Å²) in [6.07, 6.45) is 7.72. The van der Waals surface area contributed by atoms with Gasteiger partial charge in [0.05, 0.1) is 28.7 Å². The Morgan fingerprint density at radius 2 is 1.98 bits per heavy atom. The molecule has 12 heteroatoms. The molecule has 2 aromatic heterocycles. The van der Waals surface area contributed by atoms with Gasteiger partial charge in [0.1, 0.15) is 47.5 Å². The number of nitrogens with zero attached hydrogens (tertiary/aromatic N) is 5. The Hall–Kier alpha value is -4.63. The molecule has 0 bridgehead atoms. The van der Waals surface area contributed by atoms with E-state index in [1.807, 2.05) is 4.90 Å². The number of hydrogen-bond acceptors (Lipinski definition) is 9. The maximum Gasteiger partial charge on any atom is 0.319 e. The number of carbonyl (C=O) groups is 1. The summed E-state index contributed by atoms with van der Waals surface area (Å²) in [5.41, 5.74) is -0.367. The SMILES string of the molecule is C#Cc1c(F)ccc2cc(O)cc(-c3nc(C)c4c(N5CCC[C@@H](OC(C)=O)C5)nc(OC[C@@]56CCCN5C[C@H](F)C6)nc4c3F)c12. The summed E-state index contributed by atoms with van der Waals surface area (Å²) < 4.78 is 58.0. The lowest BCUT2D eigenvalue weighted by Gasteiger charge is -2.34. The first kappa shape index (κ1) is 31.0. The molecular formula is C35H34F3N5O4. The molecule has 0 unspecified atom stereocenters. The van der Waals surface area contributed by atoms with Gasteiger partial charge in [0, 0.05) is 37.4 Å². The Balaban J connectivity index is 1.40. The first-order valence-corrected chi connectivity index (χ1v) is 15.8. The Kier molecular flexibility index (Phi) is 7.83. The number of halogens is 3. The minimum atomic E-state index is -0.956. The zero-order valence-electron chi connectivity index (χ0n) is 26.2. The lowest BCUT2D eigenvalue weighted by atomic mass is 9.95. The number of esters is 1. The van der Waals surface area contributed by atoms with Gasteiger partial charge < -0.3 is 19.5 Å². The molecule has 2 aromatic carbocycles. The molecule has 0 aliphatic carbocycles. The number of benzene rings is 2. The molecule has 5 heterocycles. The van der Waals surface area contributed by atoms with Crippen molar-refractivity contribution >= 4 is 33.5 Å². The summed E-state index contributed by atoms with van der Waals surface area (Å²) in [6, 6.07) is 5.29. The zero-order chi connectivity index (χ0) is 33.0. The van der Waals surface area contributed by atoms with Crippen molar-refractivity contribution < 1.29 is 32.5 Å². The molecule has 9 nitrogen and oxygen atoms in total. The molecule has 3 aliphatic rings. The monoisotopic (exact) mass is 645 g/mol. The van der Waals surface area contributed by atoms with Crippen molar-refractivity contribution in [2.45, 2.75) is 63.8 Å². The lowest BCUT2D eigenvalue weighted by molar-refractivity contribution is -0.146. The van der Waals surface area contributed by atoms with Gasteiger partial charge in [-0.05, 0) is 62.7 Å². The van der Waals surface area contributed by atoms with Gasteiger partial charge >= 0.3 is 12.0 Å². The molecule has 47 heavy (non-hydrogen) atoms. The normalized spacial score (nSPS) is 22.9. The van der Waals surface area contributed by atoms with Gasteiger partial charge in [-0.1, -0.05) is 12.0 Å². The lowest BCUT2D eigenvalue weighted by Crippen LogP contribution is -2.43. The zero-order valence-corrected chi connectivity index (χ0v) is 26.2. The van der Waals surface area contributed by atoms with Crippen LogP contribution < -0.4 is 9.64 Å². The van der Waals surface area contributed by atoms with Crippen LogP contribution in [0.3, 0.4) is 0 Å². The van der Waals surface area contributed by atoms with Crippen molar-refractivity contribution in [1.82, 2.24) is 19.9 Å². The van der Waals surface area contributed by atoms with Crippen molar-refractivity contribution in [3.63, 3.8) is 0 Å². The van der Waals surface area contributed by atoms with Gasteiger partial charge in [0.2, 0.25) is 0 Å². The van der Waals surface area contributed by atoms with E-state index in [0.717, 1.165) is 19.4 Å². The summed E-state index contributed by atoms with van der Waals surface area (Å²) in [4.78, 5) is 29.7. The third-order valence-electron chi connectivity index (χ3n) is 9.62. The number of pyridine rings is 1. The molecule has 1 N–H and O–H groups in total. The second-order valence-electron chi connectivity index (χ2n) is 12.8. The summed E-state index contributed by atoms with van der Waals surface area (Å²) in [6.45, 7) is 5.17. The van der Waals surface area contributed by atoms with Crippen LogP contribution in [0, 0.1) is 30.9 Å². The molecule has 4 aromatic rings. The van der Waals surface area contributed by atoms with Crippen molar-refractivity contribution in [1.29, 1.82) is 0 Å². The summed E-state index contributed by atoms with van der Waals surface area (Å²) in [5.74, 6) is 0.643. The molecule has 7 rings (SSSR count). The first-order chi connectivity index (χ1) is 22.6. The van der Waals surface area contributed by atoms with Crippen LogP contribution in [-0.2, 0) is 9.53 Å². The van der Waals surface area contributed by atoms with Gasteiger partial charge in [-0.2, -0.15) is 9.97 Å². The topological polar surface area (TPSA) is 101 Å². The molecule has 244 valence electrons. The van der Waals surface area contributed by atoms with E-state index in [4.69, 9.17) is 20.9 Å². The quantitative estimate of drug-likeness (QED) is 0.212. The van der Waals surface area contributed by atoms with Crippen LogP contribution >= 0.6 is 0 Å². The Labute approximate surface area is 269 Å². The fourth-order valence-corrected chi connectivity index (χ4v) is 7.64. The number of piperidine rings is 1. The van der Waals surface area contributed by atoms with Gasteiger partial charge in [-0.15, -0.1) is 6.42 Å². The highest BCUT2D eigenvalue weighted by molar-refractivity contribution is 6.03. The van der Waals surface area contributed by atoms with Gasteiger partial charge in [-0.25, -0.2) is 18.2 Å². The second-order valence-corrected chi connectivity index (χ2v) is 12.8. The predicted molar refractivity (Wildman–Crippen MR) is 170 cm³/mol. The van der Waals surface area contributed by atoms with Crippen LogP contribution in [0.1, 0.15) is 50.3 Å². The van der Waals surface area contributed by atoms with Crippen molar-refractivity contribution in [2.24, 2.45) is 0 Å². The highest BCUT2D eigenvalue weighted by Crippen LogP contribution is 2.42. The number of aromatic nitrogens is 3. The van der Waals surface area contributed by atoms with Crippen LogP contribution in [0.15, 0.2) is 24.3 Å². The fraction of sp³-hybridized carbons (Fsp3) is 0.429. The van der Waals surface area contributed by atoms with Crippen molar-refractivity contribution in [3.8, 4) is 35.4 Å². The Morgan fingerprint density at radius 1 is 1.15 bits per heavy atom. The van der Waals surface area contributed by atoms with E-state index in [1.54, 1.807) is 6.92 Å². The largest absolute Gasteiger partial charge is 0.508 e. The number of aromatic hydroxyl groups is 1. The molecule has 3 saturated heterocycles. The van der Waals surface area contributed by atoms with E-state index in [0.29, 0.717) is 61.2 Å². The predicted octanol–water partition coefficient (Wildman–Crippen LogP) is 5.61. The molecule has 3 atom stereocenters. The average molecular weight is 646 g/mol. The Morgan fingerprint density at radius 3 is 2.77 bits per heavy atom. The number of fused-ring (bicyclic) bond motifs is 3. The van der Waals surface area contributed by atoms with Gasteiger partial charge in [0.15, 0.2) is 5.82 Å². The molecule has 0 amide bonds. The highest BCUT2D eigenvalue weighted by Gasteiger charge is 2.49. The number of carbonyl (C=O) groups excluding carboxylic acids is 1. The van der Waals surface area contributed by atoms with E-state index >= 15 is 4.39 Å². The summed E-state index contributed by atoms with van der Waals surface area (Å²) in [5, 5.41) is 11.5. The van der Waals surface area contributed by atoms with E-state index in [9.17, 15) is 18.7 Å². The minimum absolute atomic E-state index is 0.0859. The number of ether oxygens (including phenoxy) is 2. The average Bonchev–Trinajstić information content (AvgIpc) is 3.56. The highest BCUT2D eigenvalue weighted by atomic mass is 19.1. The fourth-order valence-electron chi connectivity index (χ4n) is 7.64. The van der Waals surface area contributed by atoms with Gasteiger partial charge in [0.25, 0.3) is 0 Å². The van der Waals surface area contributed by atoms with Crippen LogP contribution in [0.5, 0.6) is 11.8 Å². The number of alkyl halides is 1. The summed E-state index contributed by atoms with van der Waals surface area (Å²) in [7, 11) is 0. The van der Waals surface area contributed by atoms with E-state index in [2.05, 4.69) is 20.8 Å². The van der Waals surface area contributed by atoms with Crippen LogP contribution in [0.25, 0.3) is 32.9 Å². The summed E-state index contributed by atoms with van der Waals surface area (Å²) >= 11 is 0. The number of rotatable bonds is 6. The molecule has 0 radical (unpaired) electrons. The van der Waals surface area contributed by atoms with Crippen LogP contribution in [-0.4, -0.2) is 81.5 Å².